The Morgan fingerprint density at radius 1 is 1.00 bits per heavy atom. The minimum Gasteiger partial charge on any atom is -0.368 e. The third-order valence-electron chi connectivity index (χ3n) is 5.45. The summed E-state index contributed by atoms with van der Waals surface area (Å²) in [7, 11) is 0. The van der Waals surface area contributed by atoms with Gasteiger partial charge in [0.2, 0.25) is 5.91 Å². The molecule has 2 aromatic carbocycles. The van der Waals surface area contributed by atoms with E-state index in [2.05, 4.69) is 35.3 Å². The van der Waals surface area contributed by atoms with Crippen LogP contribution in [0.1, 0.15) is 21.5 Å². The SMILES string of the molecule is Cc1cccc(N2CCN(C(=O)c3ccccc3CN3C(=O)CNC3=O)CC2)c1. The van der Waals surface area contributed by atoms with Crippen LogP contribution in [0.15, 0.2) is 48.5 Å². The fraction of sp³-hybridized carbons (Fsp3) is 0.318. The number of hydrogen-bond donors (Lipinski definition) is 1. The number of aryl methyl sites for hydroxylation is 1. The van der Waals surface area contributed by atoms with Crippen LogP contribution in [0.2, 0.25) is 0 Å². The molecule has 0 atom stereocenters. The van der Waals surface area contributed by atoms with Gasteiger partial charge < -0.3 is 15.1 Å². The number of carbonyl (C=O) groups is 3. The molecule has 0 spiro atoms. The van der Waals surface area contributed by atoms with E-state index in [1.165, 1.54) is 11.3 Å². The Hall–Kier alpha value is -3.35. The highest BCUT2D eigenvalue weighted by Gasteiger charge is 2.30. The van der Waals surface area contributed by atoms with Crippen LogP contribution in [0.5, 0.6) is 0 Å². The summed E-state index contributed by atoms with van der Waals surface area (Å²) in [6.07, 6.45) is 0. The van der Waals surface area contributed by atoms with Gasteiger partial charge in [0, 0.05) is 37.4 Å². The van der Waals surface area contributed by atoms with Gasteiger partial charge in [-0.05, 0) is 36.2 Å². The molecule has 2 saturated heterocycles. The summed E-state index contributed by atoms with van der Waals surface area (Å²) in [5.74, 6) is -0.333. The van der Waals surface area contributed by atoms with Gasteiger partial charge in [0.1, 0.15) is 0 Å². The molecule has 2 fully saturated rings. The molecule has 0 saturated carbocycles. The number of hydrogen-bond acceptors (Lipinski definition) is 4. The lowest BCUT2D eigenvalue weighted by molar-refractivity contribution is -0.125. The highest BCUT2D eigenvalue weighted by molar-refractivity contribution is 6.02. The first kappa shape index (κ1) is 19.0. The maximum atomic E-state index is 13.2. The number of carbonyl (C=O) groups excluding carboxylic acids is 3. The summed E-state index contributed by atoms with van der Waals surface area (Å²) >= 11 is 0. The van der Waals surface area contributed by atoms with Gasteiger partial charge in [0.25, 0.3) is 5.91 Å². The molecule has 150 valence electrons. The molecule has 1 N–H and O–H groups in total. The Morgan fingerprint density at radius 3 is 2.45 bits per heavy atom. The zero-order chi connectivity index (χ0) is 20.4. The first-order valence-corrected chi connectivity index (χ1v) is 9.80. The maximum absolute atomic E-state index is 13.2. The second-order valence-corrected chi connectivity index (χ2v) is 7.41. The molecule has 0 unspecified atom stereocenters. The lowest BCUT2D eigenvalue weighted by atomic mass is 10.0. The molecule has 2 aromatic rings. The second-order valence-electron chi connectivity index (χ2n) is 7.41. The number of benzene rings is 2. The quantitative estimate of drug-likeness (QED) is 0.808. The Morgan fingerprint density at radius 2 is 1.76 bits per heavy atom. The van der Waals surface area contributed by atoms with Crippen molar-refractivity contribution in [1.29, 1.82) is 0 Å². The summed E-state index contributed by atoms with van der Waals surface area (Å²) in [5, 5.41) is 2.51. The Balaban J connectivity index is 1.45. The van der Waals surface area contributed by atoms with Gasteiger partial charge >= 0.3 is 6.03 Å². The molecule has 0 radical (unpaired) electrons. The fourth-order valence-electron chi connectivity index (χ4n) is 3.82. The average molecular weight is 392 g/mol. The topological polar surface area (TPSA) is 73.0 Å². The number of nitrogens with zero attached hydrogens (tertiary/aromatic N) is 3. The lowest BCUT2D eigenvalue weighted by Gasteiger charge is -2.36. The highest BCUT2D eigenvalue weighted by atomic mass is 16.2. The number of anilines is 1. The standard InChI is InChI=1S/C22H24N4O3/c1-16-5-4-7-18(13-16)24-9-11-25(12-10-24)21(28)19-8-3-2-6-17(19)15-26-20(27)14-23-22(26)29/h2-8,13H,9-12,14-15H2,1H3,(H,23,29). The first-order valence-electron chi connectivity index (χ1n) is 9.80. The van der Waals surface area contributed by atoms with Crippen LogP contribution in [0.4, 0.5) is 10.5 Å². The average Bonchev–Trinajstić information content (AvgIpc) is 3.06. The van der Waals surface area contributed by atoms with E-state index >= 15 is 0 Å². The van der Waals surface area contributed by atoms with Crippen molar-refractivity contribution >= 4 is 23.5 Å². The highest BCUT2D eigenvalue weighted by Crippen LogP contribution is 2.20. The molecule has 0 bridgehead atoms. The first-order chi connectivity index (χ1) is 14.0. The smallest absolute Gasteiger partial charge is 0.324 e. The normalized spacial score (nSPS) is 16.9. The van der Waals surface area contributed by atoms with Gasteiger partial charge in [-0.3, -0.25) is 14.5 Å². The summed E-state index contributed by atoms with van der Waals surface area (Å²) < 4.78 is 0. The lowest BCUT2D eigenvalue weighted by Crippen LogP contribution is -2.49. The number of nitrogens with one attached hydrogen (secondary N) is 1. The van der Waals surface area contributed by atoms with Crippen molar-refractivity contribution in [3.8, 4) is 0 Å². The summed E-state index contributed by atoms with van der Waals surface area (Å²) in [6.45, 7) is 4.99. The van der Waals surface area contributed by atoms with E-state index < -0.39 is 6.03 Å². The van der Waals surface area contributed by atoms with Crippen molar-refractivity contribution in [3.63, 3.8) is 0 Å². The molecular weight excluding hydrogens is 368 g/mol. The monoisotopic (exact) mass is 392 g/mol. The van der Waals surface area contributed by atoms with Gasteiger partial charge in [-0.15, -0.1) is 0 Å². The minimum atomic E-state index is -0.413. The van der Waals surface area contributed by atoms with Crippen LogP contribution in [-0.2, 0) is 11.3 Å². The predicted molar refractivity (Wildman–Crippen MR) is 110 cm³/mol. The predicted octanol–water partition coefficient (Wildman–Crippen LogP) is 2.01. The van der Waals surface area contributed by atoms with Crippen LogP contribution in [0.3, 0.4) is 0 Å². The van der Waals surface area contributed by atoms with Crippen LogP contribution < -0.4 is 10.2 Å². The van der Waals surface area contributed by atoms with Crippen LogP contribution >= 0.6 is 0 Å². The molecule has 7 heteroatoms. The van der Waals surface area contributed by atoms with Gasteiger partial charge in [-0.2, -0.15) is 0 Å². The Bertz CT molecular complexity index is 935. The van der Waals surface area contributed by atoms with Gasteiger partial charge in [-0.25, -0.2) is 4.79 Å². The van der Waals surface area contributed by atoms with E-state index in [1.54, 1.807) is 12.1 Å². The fourth-order valence-corrected chi connectivity index (χ4v) is 3.82. The van der Waals surface area contributed by atoms with E-state index in [1.807, 2.05) is 23.1 Å². The molecular formula is C22H24N4O3. The molecule has 2 heterocycles. The third-order valence-corrected chi connectivity index (χ3v) is 5.45. The van der Waals surface area contributed by atoms with Crippen molar-refractivity contribution in [1.82, 2.24) is 15.1 Å². The number of piperazine rings is 1. The molecule has 2 aliphatic rings. The zero-order valence-electron chi connectivity index (χ0n) is 16.4. The number of imide groups is 1. The molecule has 0 aliphatic carbocycles. The largest absolute Gasteiger partial charge is 0.368 e. The van der Waals surface area contributed by atoms with E-state index in [-0.39, 0.29) is 24.9 Å². The molecule has 4 rings (SSSR count). The summed E-state index contributed by atoms with van der Waals surface area (Å²) in [6, 6.07) is 15.2. The molecule has 0 aromatic heterocycles. The van der Waals surface area contributed by atoms with E-state index in [0.29, 0.717) is 24.2 Å². The zero-order valence-corrected chi connectivity index (χ0v) is 16.4. The van der Waals surface area contributed by atoms with Gasteiger partial charge in [-0.1, -0.05) is 30.3 Å². The molecule has 29 heavy (non-hydrogen) atoms. The second kappa shape index (κ2) is 7.95. The van der Waals surface area contributed by atoms with Crippen molar-refractivity contribution in [2.45, 2.75) is 13.5 Å². The molecule has 2 aliphatic heterocycles. The van der Waals surface area contributed by atoms with Crippen LogP contribution in [0, 0.1) is 6.92 Å². The Kier molecular flexibility index (Phi) is 5.20. The van der Waals surface area contributed by atoms with E-state index in [4.69, 9.17) is 0 Å². The Labute approximate surface area is 169 Å². The van der Waals surface area contributed by atoms with Crippen LogP contribution in [-0.4, -0.2) is 60.4 Å². The van der Waals surface area contributed by atoms with Crippen molar-refractivity contribution in [2.24, 2.45) is 0 Å². The number of amides is 4. The third kappa shape index (κ3) is 3.94. The maximum Gasteiger partial charge on any atom is 0.324 e. The molecule has 7 nitrogen and oxygen atoms in total. The number of urea groups is 1. The van der Waals surface area contributed by atoms with Crippen molar-refractivity contribution in [2.75, 3.05) is 37.6 Å². The van der Waals surface area contributed by atoms with Gasteiger partial charge in [0.05, 0.1) is 13.1 Å². The minimum absolute atomic E-state index is 0.00979. The summed E-state index contributed by atoms with van der Waals surface area (Å²) in [5.41, 5.74) is 3.62. The van der Waals surface area contributed by atoms with Gasteiger partial charge in [0.15, 0.2) is 0 Å². The summed E-state index contributed by atoms with van der Waals surface area (Å²) in [4.78, 5) is 42.2. The van der Waals surface area contributed by atoms with E-state index in [9.17, 15) is 14.4 Å². The van der Waals surface area contributed by atoms with Crippen molar-refractivity contribution < 1.29 is 14.4 Å². The van der Waals surface area contributed by atoms with E-state index in [0.717, 1.165) is 18.0 Å². The molecule has 4 amide bonds. The van der Waals surface area contributed by atoms with Crippen molar-refractivity contribution in [3.05, 3.63) is 65.2 Å². The number of rotatable bonds is 4. The van der Waals surface area contributed by atoms with Crippen LogP contribution in [0.25, 0.3) is 0 Å².